The maximum absolute atomic E-state index is 13.5. The lowest BCUT2D eigenvalue weighted by atomic mass is 9.86. The third-order valence-electron chi connectivity index (χ3n) is 14.5. The molecule has 0 aromatic heterocycles. The van der Waals surface area contributed by atoms with Gasteiger partial charge in [-0.2, -0.15) is 0 Å². The van der Waals surface area contributed by atoms with Crippen molar-refractivity contribution in [3.63, 3.8) is 0 Å². The van der Waals surface area contributed by atoms with Gasteiger partial charge in [0.2, 0.25) is 11.8 Å². The van der Waals surface area contributed by atoms with Crippen molar-refractivity contribution in [2.24, 2.45) is 22.7 Å². The molecule has 2 heterocycles. The molecule has 0 fully saturated rings. The number of methoxy groups -OCH3 is 1. The average Bonchev–Trinajstić information content (AvgIpc) is 1.29. The third kappa shape index (κ3) is 24.9. The van der Waals surface area contributed by atoms with Crippen molar-refractivity contribution in [1.29, 1.82) is 0 Å². The Morgan fingerprint density at radius 1 is 0.761 bits per heavy atom. The van der Waals surface area contributed by atoms with Gasteiger partial charge in [0.1, 0.15) is 24.3 Å². The van der Waals surface area contributed by atoms with E-state index in [1.807, 2.05) is 125 Å². The first-order valence-electron chi connectivity index (χ1n) is 30.0. The van der Waals surface area contributed by atoms with E-state index in [4.69, 9.17) is 35.0 Å². The van der Waals surface area contributed by atoms with E-state index in [1.54, 1.807) is 49.6 Å². The summed E-state index contributed by atoms with van der Waals surface area (Å²) in [5, 5.41) is 11.2. The van der Waals surface area contributed by atoms with E-state index in [1.165, 1.54) is 23.6 Å². The molecular weight excluding hydrogens is 1150 g/mol. The smallest absolute Gasteiger partial charge is 0.373 e. The Labute approximate surface area is 530 Å². The number of halogens is 1. The molecule has 7 atom stereocenters. The Hall–Kier alpha value is -7.51. The van der Waals surface area contributed by atoms with Crippen molar-refractivity contribution in [2.45, 2.75) is 171 Å². The molecule has 2 aliphatic heterocycles. The maximum Gasteiger partial charge on any atom is 0.373 e. The zero-order chi connectivity index (χ0) is 65.8. The van der Waals surface area contributed by atoms with Crippen LogP contribution in [-0.2, 0) is 52.1 Å². The monoisotopic (exact) mass is 1240 g/mol. The van der Waals surface area contributed by atoms with Gasteiger partial charge in [0.25, 0.3) is 14.2 Å². The minimum Gasteiger partial charge on any atom is -0.490 e. The first kappa shape index (κ1) is 74.7. The van der Waals surface area contributed by atoms with Crippen molar-refractivity contribution in [2.75, 3.05) is 13.7 Å². The van der Waals surface area contributed by atoms with Gasteiger partial charge in [0, 0.05) is 41.4 Å². The Bertz CT molecular complexity index is 3000. The second-order valence-electron chi connectivity index (χ2n) is 25.3. The Morgan fingerprint density at radius 2 is 1.31 bits per heavy atom. The number of esters is 3. The highest BCUT2D eigenvalue weighted by molar-refractivity contribution is 6.99. The summed E-state index contributed by atoms with van der Waals surface area (Å²) in [5.41, 5.74) is 1.45. The molecule has 0 spiro atoms. The highest BCUT2D eigenvalue weighted by Crippen LogP contribution is 2.38. The fourth-order valence-corrected chi connectivity index (χ4v) is 14.5. The molecule has 0 bridgehead atoms. The Kier molecular flexibility index (Phi) is 30.6. The number of hydrogen-bond acceptors (Lipinski definition) is 11. The zero-order valence-electron chi connectivity index (χ0n) is 54.7. The fourth-order valence-electron chi connectivity index (χ4n) is 9.66. The topological polar surface area (TPSA) is 185 Å². The zero-order valence-corrected chi connectivity index (χ0v) is 56.5. The van der Waals surface area contributed by atoms with Gasteiger partial charge in [-0.25, -0.2) is 14.4 Å². The highest BCUT2D eigenvalue weighted by Gasteiger charge is 2.51. The van der Waals surface area contributed by atoms with Crippen LogP contribution in [0.15, 0.2) is 180 Å². The molecule has 0 radical (unpaired) electrons. The summed E-state index contributed by atoms with van der Waals surface area (Å²) in [4.78, 5) is 74.7. The average molecular weight is 1240 g/mol. The van der Waals surface area contributed by atoms with Crippen LogP contribution in [0.1, 0.15) is 136 Å². The molecule has 3 amide bonds. The molecule has 14 nitrogen and oxygen atoms in total. The van der Waals surface area contributed by atoms with Crippen LogP contribution in [-0.4, -0.2) is 88.1 Å². The van der Waals surface area contributed by atoms with E-state index in [0.717, 1.165) is 11.1 Å². The molecule has 476 valence electrons. The first-order valence-corrected chi connectivity index (χ1v) is 32.3. The van der Waals surface area contributed by atoms with Gasteiger partial charge < -0.3 is 39.3 Å². The van der Waals surface area contributed by atoms with Gasteiger partial charge in [-0.3, -0.25) is 14.4 Å². The summed E-state index contributed by atoms with van der Waals surface area (Å²) in [6, 6.07) is 19.3. The number of rotatable bonds is 25. The van der Waals surface area contributed by atoms with Crippen molar-refractivity contribution in [1.82, 2.24) is 16.0 Å². The molecule has 4 rings (SSSR count). The minimum absolute atomic E-state index is 0.0396. The van der Waals surface area contributed by atoms with Gasteiger partial charge >= 0.3 is 17.9 Å². The number of ether oxygens (including phenoxy) is 4. The largest absolute Gasteiger partial charge is 0.490 e. The molecule has 0 unspecified atom stereocenters. The first-order chi connectivity index (χ1) is 41.3. The third-order valence-corrected chi connectivity index (χ3v) is 19.8. The number of hydrogen-bond donors (Lipinski definition) is 3. The van der Waals surface area contributed by atoms with E-state index in [0.29, 0.717) is 42.7 Å². The predicted molar refractivity (Wildman–Crippen MR) is 356 cm³/mol. The molecule has 0 saturated carbocycles. The minimum atomic E-state index is -2.85. The van der Waals surface area contributed by atoms with Crippen molar-refractivity contribution in [3.05, 3.63) is 180 Å². The van der Waals surface area contributed by atoms with Crippen LogP contribution < -0.4 is 26.3 Å². The summed E-state index contributed by atoms with van der Waals surface area (Å²) in [6.07, 6.45) is 27.0. The lowest BCUT2D eigenvalue weighted by Crippen LogP contribution is -2.67. The fraction of sp³-hybridized carbons (Fsp3) is 0.444. The number of benzene rings is 2. The summed E-state index contributed by atoms with van der Waals surface area (Å²) < 4.78 is 28.5. The molecule has 88 heavy (non-hydrogen) atoms. The van der Waals surface area contributed by atoms with E-state index in [2.05, 4.69) is 104 Å². The number of carbonyl (C=O) groups is 6. The summed E-state index contributed by atoms with van der Waals surface area (Å²) in [7, 11) is -1.41. The number of allylic oxidation sites excluding steroid dienone is 8. The molecule has 2 aromatic rings. The second-order valence-corrected chi connectivity index (χ2v) is 30.1. The van der Waals surface area contributed by atoms with Gasteiger partial charge in [0.15, 0.2) is 5.76 Å². The predicted octanol–water partition coefficient (Wildman–Crippen LogP) is 12.6. The molecular formula is C72H96ClN3O11Si. The molecule has 2 aromatic carbocycles. The lowest BCUT2D eigenvalue weighted by molar-refractivity contribution is -0.151. The van der Waals surface area contributed by atoms with Crippen molar-refractivity contribution >= 4 is 65.9 Å². The standard InChI is InChI=1S/C46H59ClN2O6Si.C26H37NO5/c1-33(32-34(2)39-29-30-40(53-10)44(52)54-39)20-17-18-26-41(50)49-42(45(4,5)6)43(51)48-31-19-21-36(28-27-35(3)47)55-56(46(7,8)9,37-22-13-11-14-23-37)38-24-15-12-16-25-38;1-8-9-16-31-25(30)23(26(5,6)7)27-22(28)13-11-10-12-18(2)17-20(4)21-15-14-19(3)24(29)32-21/h11-17,19-20,22-25,27,30-32,34,36,39,42H,21,28-29H2,1-10H3,(H,48,51)(H,49,50);8,10-14,17,20-21,23H,1,9,15-16H2,2-7H3,(H,27,28)/b20-17-,31-19-,33-32+,35-27+;12-10-,13-11-,18-17+/t34-,36+,39-,42+;20-,21-,23+/m00/s1. The summed E-state index contributed by atoms with van der Waals surface area (Å²) >= 11 is 6.32. The van der Waals surface area contributed by atoms with Crippen LogP contribution in [0.4, 0.5) is 0 Å². The Morgan fingerprint density at radius 3 is 1.82 bits per heavy atom. The quantitative estimate of drug-likeness (QED) is 0.0126. The number of nitrogens with one attached hydrogen (secondary N) is 3. The molecule has 16 heteroatoms. The second kappa shape index (κ2) is 36.1. The van der Waals surface area contributed by atoms with E-state index < -0.39 is 49.1 Å². The maximum atomic E-state index is 13.5. The van der Waals surface area contributed by atoms with Gasteiger partial charge in [0.05, 0.1) is 19.8 Å². The van der Waals surface area contributed by atoms with Crippen LogP contribution in [0.25, 0.3) is 0 Å². The SMILES string of the molecule is C=CCCOC(=O)[C@@H](NC(=O)\C=C/C=C\C(C)=C\[C@H](C)[C@@H]1CC=C(C)C(=O)O1)C(C)(C)C.COC1=CC[C@@H]([C@@H](C)/C=C(C)/C=C\C#CC(=O)N[C@H](C(=O)N/C=C\C[C@H](C/C=C(\C)Cl)O[Si](c2ccccc2)(c2ccccc2)C(C)(C)C)C(C)(C)C)OC1=O. The van der Waals surface area contributed by atoms with Gasteiger partial charge in [-0.1, -0.05) is 226 Å². The molecule has 0 aliphatic carbocycles. The normalized spacial score (nSPS) is 18.0. The van der Waals surface area contributed by atoms with E-state index in [9.17, 15) is 28.8 Å². The van der Waals surface area contributed by atoms with Gasteiger partial charge in [-0.05, 0) is 97.5 Å². The van der Waals surface area contributed by atoms with E-state index in [-0.39, 0.29) is 65.3 Å². The van der Waals surface area contributed by atoms with Crippen LogP contribution >= 0.6 is 11.6 Å². The molecule has 0 saturated heterocycles. The summed E-state index contributed by atoms with van der Waals surface area (Å²) in [5.74, 6) is 3.08. The lowest BCUT2D eigenvalue weighted by Gasteiger charge is -2.45. The van der Waals surface area contributed by atoms with Crippen molar-refractivity contribution in [3.8, 4) is 11.8 Å². The number of carbonyl (C=O) groups excluding carboxylic acids is 6. The van der Waals surface area contributed by atoms with Gasteiger partial charge in [-0.15, -0.1) is 6.58 Å². The van der Waals surface area contributed by atoms with Crippen LogP contribution in [0, 0.1) is 34.5 Å². The highest BCUT2D eigenvalue weighted by atomic mass is 35.5. The summed E-state index contributed by atoms with van der Waals surface area (Å²) in [6.45, 7) is 33.2. The van der Waals surface area contributed by atoms with Crippen LogP contribution in [0.2, 0.25) is 5.04 Å². The molecule has 3 N–H and O–H groups in total. The van der Waals surface area contributed by atoms with Crippen molar-refractivity contribution < 1.29 is 52.1 Å². The van der Waals surface area contributed by atoms with E-state index >= 15 is 0 Å². The van der Waals surface area contributed by atoms with Crippen LogP contribution in [0.3, 0.4) is 0 Å². The van der Waals surface area contributed by atoms with Crippen LogP contribution in [0.5, 0.6) is 0 Å². The molecule has 2 aliphatic rings. The number of cyclic esters (lactones) is 2. The Balaban J connectivity index is 0.000000536. The number of amides is 3.